The average Bonchev–Trinajstić information content (AvgIpc) is 2.45. The maximum atomic E-state index is 11.7. The van der Waals surface area contributed by atoms with Gasteiger partial charge in [-0.25, -0.2) is 4.98 Å². The van der Waals surface area contributed by atoms with Crippen molar-refractivity contribution in [2.45, 2.75) is 6.92 Å². The number of aromatic amines is 1. The topological polar surface area (TPSA) is 110 Å². The van der Waals surface area contributed by atoms with Crippen LogP contribution < -0.4 is 10.9 Å². The van der Waals surface area contributed by atoms with Crippen LogP contribution in [-0.2, 0) is 4.74 Å². The molecule has 0 saturated carbocycles. The van der Waals surface area contributed by atoms with Gasteiger partial charge in [-0.1, -0.05) is 6.92 Å². The second kappa shape index (κ2) is 6.31. The van der Waals surface area contributed by atoms with Gasteiger partial charge >= 0.3 is 0 Å². The number of hydrogen-bond acceptors (Lipinski definition) is 6. The zero-order valence-electron chi connectivity index (χ0n) is 11.8. The van der Waals surface area contributed by atoms with Gasteiger partial charge in [0.25, 0.3) is 11.2 Å². The number of ether oxygens (including phenoxy) is 1. The van der Waals surface area contributed by atoms with Crippen molar-refractivity contribution >= 4 is 22.3 Å². The standard InChI is InChI=1S/C13H16N4O4/c1-8(6-21-2)5-14-11-4-10-9(3-12(11)17(19)20)13(18)16-7-15-10/h3-4,7-8,14H,5-6H2,1-2H3,(H,15,16,18). The number of methoxy groups -OCH3 is 1. The maximum Gasteiger partial charge on any atom is 0.293 e. The Kier molecular flexibility index (Phi) is 4.49. The molecule has 0 saturated heterocycles. The van der Waals surface area contributed by atoms with Gasteiger partial charge in [-0.05, 0) is 12.0 Å². The van der Waals surface area contributed by atoms with Crippen molar-refractivity contribution in [3.05, 3.63) is 38.9 Å². The number of H-pyrrole nitrogens is 1. The van der Waals surface area contributed by atoms with E-state index >= 15 is 0 Å². The number of aromatic nitrogens is 2. The largest absolute Gasteiger partial charge is 0.384 e. The lowest BCUT2D eigenvalue weighted by atomic mass is 10.1. The highest BCUT2D eigenvalue weighted by atomic mass is 16.6. The van der Waals surface area contributed by atoms with E-state index in [1.54, 1.807) is 7.11 Å². The van der Waals surface area contributed by atoms with Gasteiger partial charge in [0.15, 0.2) is 0 Å². The van der Waals surface area contributed by atoms with E-state index in [0.29, 0.717) is 24.4 Å². The number of rotatable bonds is 6. The molecule has 0 radical (unpaired) electrons. The van der Waals surface area contributed by atoms with Crippen LogP contribution in [0.3, 0.4) is 0 Å². The molecule has 1 atom stereocenters. The molecule has 2 N–H and O–H groups in total. The molecule has 8 heteroatoms. The van der Waals surface area contributed by atoms with E-state index < -0.39 is 10.5 Å². The highest BCUT2D eigenvalue weighted by Crippen LogP contribution is 2.27. The van der Waals surface area contributed by atoms with Gasteiger partial charge in [-0.15, -0.1) is 0 Å². The molecule has 2 rings (SSSR count). The summed E-state index contributed by atoms with van der Waals surface area (Å²) in [6.45, 7) is 3.03. The molecule has 0 fully saturated rings. The molecule has 112 valence electrons. The Bertz CT molecular complexity index is 713. The lowest BCUT2D eigenvalue weighted by Gasteiger charge is -2.13. The van der Waals surface area contributed by atoms with E-state index in [0.717, 1.165) is 0 Å². The summed E-state index contributed by atoms with van der Waals surface area (Å²) in [5.74, 6) is 0.192. The zero-order chi connectivity index (χ0) is 15.4. The first-order valence-corrected chi connectivity index (χ1v) is 6.41. The van der Waals surface area contributed by atoms with Crippen LogP contribution in [0, 0.1) is 16.0 Å². The number of nitro groups is 1. The van der Waals surface area contributed by atoms with E-state index in [1.807, 2.05) is 6.92 Å². The molecule has 0 spiro atoms. The van der Waals surface area contributed by atoms with Crippen LogP contribution in [0.15, 0.2) is 23.3 Å². The van der Waals surface area contributed by atoms with E-state index in [1.165, 1.54) is 18.5 Å². The fourth-order valence-electron chi connectivity index (χ4n) is 2.02. The summed E-state index contributed by atoms with van der Waals surface area (Å²) in [6, 6.07) is 2.76. The third-order valence-electron chi connectivity index (χ3n) is 3.05. The molecule has 2 aromatic rings. The molecule has 1 aromatic carbocycles. The lowest BCUT2D eigenvalue weighted by molar-refractivity contribution is -0.383. The molecule has 0 aliphatic rings. The molecule has 1 aromatic heterocycles. The Morgan fingerprint density at radius 1 is 1.52 bits per heavy atom. The quantitative estimate of drug-likeness (QED) is 0.617. The highest BCUT2D eigenvalue weighted by Gasteiger charge is 2.17. The Balaban J connectivity index is 2.39. The van der Waals surface area contributed by atoms with Gasteiger partial charge in [0, 0.05) is 19.7 Å². The van der Waals surface area contributed by atoms with Crippen molar-refractivity contribution in [2.24, 2.45) is 5.92 Å². The SMILES string of the molecule is COCC(C)CNc1cc2nc[nH]c(=O)c2cc1[N+](=O)[O-]. The Labute approximate surface area is 120 Å². The first-order chi connectivity index (χ1) is 10.0. The molecule has 8 nitrogen and oxygen atoms in total. The van der Waals surface area contributed by atoms with Crippen LogP contribution in [0.1, 0.15) is 6.92 Å². The summed E-state index contributed by atoms with van der Waals surface area (Å²) in [5, 5.41) is 14.4. The number of benzene rings is 1. The summed E-state index contributed by atoms with van der Waals surface area (Å²) >= 11 is 0. The smallest absolute Gasteiger partial charge is 0.293 e. The number of anilines is 1. The van der Waals surface area contributed by atoms with Gasteiger partial charge in [0.1, 0.15) is 5.69 Å². The lowest BCUT2D eigenvalue weighted by Crippen LogP contribution is -2.17. The summed E-state index contributed by atoms with van der Waals surface area (Å²) < 4.78 is 5.02. The van der Waals surface area contributed by atoms with Crippen LogP contribution in [-0.4, -0.2) is 35.2 Å². The maximum absolute atomic E-state index is 11.7. The summed E-state index contributed by atoms with van der Waals surface area (Å²) in [6.07, 6.45) is 1.27. The Hall–Kier alpha value is -2.48. The molecule has 1 unspecified atom stereocenters. The summed E-state index contributed by atoms with van der Waals surface area (Å²) in [4.78, 5) is 28.7. The van der Waals surface area contributed by atoms with Crippen molar-refractivity contribution < 1.29 is 9.66 Å². The van der Waals surface area contributed by atoms with Gasteiger partial charge in [0.05, 0.1) is 28.8 Å². The molecular formula is C13H16N4O4. The number of hydrogen-bond donors (Lipinski definition) is 2. The minimum Gasteiger partial charge on any atom is -0.384 e. The highest BCUT2D eigenvalue weighted by molar-refractivity contribution is 5.86. The van der Waals surface area contributed by atoms with Crippen molar-refractivity contribution in [1.82, 2.24) is 9.97 Å². The van der Waals surface area contributed by atoms with Crippen molar-refractivity contribution in [3.8, 4) is 0 Å². The van der Waals surface area contributed by atoms with Gasteiger partial charge < -0.3 is 15.0 Å². The minimum absolute atomic E-state index is 0.148. The van der Waals surface area contributed by atoms with E-state index in [2.05, 4.69) is 15.3 Å². The molecule has 0 aliphatic heterocycles. The van der Waals surface area contributed by atoms with Gasteiger partial charge in [-0.3, -0.25) is 14.9 Å². The molecule has 21 heavy (non-hydrogen) atoms. The number of fused-ring (bicyclic) bond motifs is 1. The van der Waals surface area contributed by atoms with Crippen LogP contribution >= 0.6 is 0 Å². The number of nitro benzene ring substituents is 1. The molecule has 0 amide bonds. The average molecular weight is 292 g/mol. The molecule has 0 aliphatic carbocycles. The Morgan fingerprint density at radius 2 is 2.29 bits per heavy atom. The van der Waals surface area contributed by atoms with Crippen LogP contribution in [0.4, 0.5) is 11.4 Å². The second-order valence-electron chi connectivity index (χ2n) is 4.82. The van der Waals surface area contributed by atoms with E-state index in [4.69, 9.17) is 4.74 Å². The van der Waals surface area contributed by atoms with E-state index in [9.17, 15) is 14.9 Å². The van der Waals surface area contributed by atoms with Gasteiger partial charge in [0.2, 0.25) is 0 Å². The normalized spacial score (nSPS) is 12.3. The number of nitrogens with zero attached hydrogens (tertiary/aromatic N) is 2. The van der Waals surface area contributed by atoms with Crippen LogP contribution in [0.2, 0.25) is 0 Å². The molecule has 0 bridgehead atoms. The minimum atomic E-state index is -0.519. The number of nitrogens with one attached hydrogen (secondary N) is 2. The first kappa shape index (κ1) is 14.9. The van der Waals surface area contributed by atoms with Crippen LogP contribution in [0.5, 0.6) is 0 Å². The summed E-state index contributed by atoms with van der Waals surface area (Å²) in [7, 11) is 1.60. The fraction of sp³-hybridized carbons (Fsp3) is 0.385. The van der Waals surface area contributed by atoms with Crippen molar-refractivity contribution in [2.75, 3.05) is 25.6 Å². The zero-order valence-corrected chi connectivity index (χ0v) is 11.8. The third kappa shape index (κ3) is 3.34. The second-order valence-corrected chi connectivity index (χ2v) is 4.82. The first-order valence-electron chi connectivity index (χ1n) is 6.41. The Morgan fingerprint density at radius 3 is 2.95 bits per heavy atom. The molecular weight excluding hydrogens is 276 g/mol. The fourth-order valence-corrected chi connectivity index (χ4v) is 2.02. The summed E-state index contributed by atoms with van der Waals surface area (Å²) in [5.41, 5.74) is 0.202. The third-order valence-corrected chi connectivity index (χ3v) is 3.05. The predicted molar refractivity (Wildman–Crippen MR) is 78.5 cm³/mol. The van der Waals surface area contributed by atoms with Crippen molar-refractivity contribution in [1.29, 1.82) is 0 Å². The van der Waals surface area contributed by atoms with E-state index in [-0.39, 0.29) is 17.0 Å². The predicted octanol–water partition coefficient (Wildman–Crippen LogP) is 1.53. The van der Waals surface area contributed by atoms with Crippen molar-refractivity contribution in [3.63, 3.8) is 0 Å². The van der Waals surface area contributed by atoms with Gasteiger partial charge in [-0.2, -0.15) is 0 Å². The molecule has 1 heterocycles. The van der Waals surface area contributed by atoms with Crippen LogP contribution in [0.25, 0.3) is 10.9 Å². The monoisotopic (exact) mass is 292 g/mol.